The Morgan fingerprint density at radius 1 is 0.444 bits per heavy atom. The summed E-state index contributed by atoms with van der Waals surface area (Å²) < 4.78 is 7.22. The van der Waals surface area contributed by atoms with Gasteiger partial charge in [-0.15, -0.1) is 11.3 Å². The van der Waals surface area contributed by atoms with Gasteiger partial charge in [0.25, 0.3) is 0 Å². The monoisotopic (exact) mass is 593 g/mol. The highest BCUT2D eigenvalue weighted by molar-refractivity contribution is 7.25. The molecule has 6 aromatic carbocycles. The molecule has 210 valence electrons. The first-order valence-electron chi connectivity index (χ1n) is 14.9. The van der Waals surface area contributed by atoms with E-state index in [1.54, 1.807) is 12.7 Å². The summed E-state index contributed by atoms with van der Waals surface area (Å²) in [4.78, 5) is 13.3. The maximum atomic E-state index is 4.60. The smallest absolute Gasteiger partial charge is 0.237 e. The van der Waals surface area contributed by atoms with Crippen LogP contribution in [0.1, 0.15) is 0 Å². The molecule has 0 saturated carbocycles. The van der Waals surface area contributed by atoms with E-state index in [1.807, 2.05) is 11.3 Å². The lowest BCUT2D eigenvalue weighted by atomic mass is 10.0. The molecule has 45 heavy (non-hydrogen) atoms. The summed E-state index contributed by atoms with van der Waals surface area (Å²) in [6, 6.07) is 46.1. The van der Waals surface area contributed by atoms with Crippen molar-refractivity contribution < 1.29 is 0 Å². The van der Waals surface area contributed by atoms with Crippen LogP contribution in [-0.2, 0) is 0 Å². The number of para-hydroxylation sites is 2. The fourth-order valence-electron chi connectivity index (χ4n) is 7.03. The van der Waals surface area contributed by atoms with E-state index in [-0.39, 0.29) is 0 Å². The maximum absolute atomic E-state index is 4.60. The minimum atomic E-state index is 0.604. The van der Waals surface area contributed by atoms with Crippen molar-refractivity contribution in [1.82, 2.24) is 24.1 Å². The van der Waals surface area contributed by atoms with Crippen molar-refractivity contribution in [3.8, 4) is 22.8 Å². The van der Waals surface area contributed by atoms with Gasteiger partial charge < -0.3 is 4.57 Å². The van der Waals surface area contributed by atoms with Gasteiger partial charge in [-0.05, 0) is 53.6 Å². The van der Waals surface area contributed by atoms with Crippen molar-refractivity contribution in [2.75, 3.05) is 0 Å². The molecule has 10 rings (SSSR count). The lowest BCUT2D eigenvalue weighted by molar-refractivity contribution is 0.939. The zero-order valence-electron chi connectivity index (χ0n) is 23.9. The molecule has 10 aromatic rings. The highest BCUT2D eigenvalue weighted by Crippen LogP contribution is 2.42. The second-order valence-electron chi connectivity index (χ2n) is 11.4. The SMILES string of the molecule is c1ccc2c(c1)sc1ccc(-c3ccc(-n4c5ccccc5c5ccc6c7ccccc7n(-c7ncncn7)c6c54)cc3)cc12. The van der Waals surface area contributed by atoms with Crippen LogP contribution in [0.5, 0.6) is 0 Å². The molecule has 6 heteroatoms. The lowest BCUT2D eigenvalue weighted by Crippen LogP contribution is -2.02. The third-order valence-corrected chi connectivity index (χ3v) is 10.1. The first kappa shape index (κ1) is 24.6. The summed E-state index contributed by atoms with van der Waals surface area (Å²) in [6.07, 6.45) is 3.13. The Bertz CT molecular complexity index is 2750. The fraction of sp³-hybridized carbons (Fsp3) is 0. The molecule has 5 nitrogen and oxygen atoms in total. The lowest BCUT2D eigenvalue weighted by Gasteiger charge is -2.12. The van der Waals surface area contributed by atoms with Gasteiger partial charge in [-0.3, -0.25) is 4.57 Å². The van der Waals surface area contributed by atoms with Gasteiger partial charge in [0.05, 0.1) is 22.1 Å². The van der Waals surface area contributed by atoms with Crippen molar-refractivity contribution in [2.45, 2.75) is 0 Å². The van der Waals surface area contributed by atoms with E-state index in [0.29, 0.717) is 5.95 Å². The summed E-state index contributed by atoms with van der Waals surface area (Å²) in [6.45, 7) is 0. The summed E-state index contributed by atoms with van der Waals surface area (Å²) in [5.74, 6) is 0.604. The van der Waals surface area contributed by atoms with Crippen LogP contribution in [0.4, 0.5) is 0 Å². The van der Waals surface area contributed by atoms with Crippen molar-refractivity contribution in [3.63, 3.8) is 0 Å². The van der Waals surface area contributed by atoms with Gasteiger partial charge in [0.15, 0.2) is 0 Å². The molecule has 0 bridgehead atoms. The molecule has 0 aliphatic carbocycles. The van der Waals surface area contributed by atoms with Crippen molar-refractivity contribution in [3.05, 3.63) is 140 Å². The quantitative estimate of drug-likeness (QED) is 0.205. The summed E-state index contributed by atoms with van der Waals surface area (Å²) >= 11 is 1.85. The van der Waals surface area contributed by atoms with Crippen LogP contribution in [0, 0.1) is 0 Å². The molecule has 4 heterocycles. The van der Waals surface area contributed by atoms with E-state index < -0.39 is 0 Å². The first-order valence-corrected chi connectivity index (χ1v) is 15.7. The normalized spacial score (nSPS) is 12.0. The maximum Gasteiger partial charge on any atom is 0.237 e. The van der Waals surface area contributed by atoms with Gasteiger partial charge in [0.1, 0.15) is 12.7 Å². The highest BCUT2D eigenvalue weighted by atomic mass is 32.1. The Morgan fingerprint density at radius 2 is 1.02 bits per heavy atom. The zero-order chi connectivity index (χ0) is 29.5. The van der Waals surface area contributed by atoms with Crippen molar-refractivity contribution in [1.29, 1.82) is 0 Å². The molecular weight excluding hydrogens is 571 g/mol. The summed E-state index contributed by atoms with van der Waals surface area (Å²) in [7, 11) is 0. The number of fused-ring (bicyclic) bond motifs is 10. The van der Waals surface area contributed by atoms with E-state index in [9.17, 15) is 0 Å². The Balaban J connectivity index is 1.24. The molecular formula is C39H23N5S. The minimum absolute atomic E-state index is 0.604. The van der Waals surface area contributed by atoms with Crippen molar-refractivity contribution >= 4 is 75.1 Å². The third-order valence-electron chi connectivity index (χ3n) is 8.98. The number of thiophene rings is 1. The first-order chi connectivity index (χ1) is 22.3. The largest absolute Gasteiger partial charge is 0.307 e. The topological polar surface area (TPSA) is 48.5 Å². The number of nitrogens with zero attached hydrogens (tertiary/aromatic N) is 5. The molecule has 0 aliphatic heterocycles. The van der Waals surface area contributed by atoms with E-state index in [0.717, 1.165) is 33.1 Å². The van der Waals surface area contributed by atoms with Gasteiger partial charge in [-0.25, -0.2) is 15.0 Å². The van der Waals surface area contributed by atoms with Crippen LogP contribution in [0.15, 0.2) is 140 Å². The molecule has 0 N–H and O–H groups in total. The molecule has 0 fully saturated rings. The Hall–Kier alpha value is -5.85. The highest BCUT2D eigenvalue weighted by Gasteiger charge is 2.21. The van der Waals surface area contributed by atoms with Crippen LogP contribution in [0.25, 0.3) is 86.5 Å². The van der Waals surface area contributed by atoms with Gasteiger partial charge in [0, 0.05) is 47.4 Å². The number of benzene rings is 6. The average molecular weight is 594 g/mol. The Kier molecular flexibility index (Phi) is 5.09. The Morgan fingerprint density at radius 3 is 1.76 bits per heavy atom. The minimum Gasteiger partial charge on any atom is -0.307 e. The number of rotatable bonds is 3. The summed E-state index contributed by atoms with van der Waals surface area (Å²) in [5, 5.41) is 7.36. The number of hydrogen-bond donors (Lipinski definition) is 0. The van der Waals surface area contributed by atoms with E-state index >= 15 is 0 Å². The molecule has 0 radical (unpaired) electrons. The molecule has 0 amide bonds. The fourth-order valence-corrected chi connectivity index (χ4v) is 8.12. The van der Waals surface area contributed by atoms with Crippen LogP contribution in [0.2, 0.25) is 0 Å². The van der Waals surface area contributed by atoms with E-state index in [2.05, 4.69) is 151 Å². The second-order valence-corrected chi connectivity index (χ2v) is 12.4. The predicted octanol–water partition coefficient (Wildman–Crippen LogP) is 10.1. The van der Waals surface area contributed by atoms with E-state index in [1.165, 1.54) is 47.5 Å². The van der Waals surface area contributed by atoms with Gasteiger partial charge >= 0.3 is 0 Å². The van der Waals surface area contributed by atoms with Crippen LogP contribution in [-0.4, -0.2) is 24.1 Å². The van der Waals surface area contributed by atoms with Crippen LogP contribution in [0.3, 0.4) is 0 Å². The zero-order valence-corrected chi connectivity index (χ0v) is 24.7. The van der Waals surface area contributed by atoms with Crippen LogP contribution >= 0.6 is 11.3 Å². The predicted molar refractivity (Wildman–Crippen MR) is 187 cm³/mol. The van der Waals surface area contributed by atoms with Crippen LogP contribution < -0.4 is 0 Å². The van der Waals surface area contributed by atoms with Gasteiger partial charge in [0.2, 0.25) is 5.95 Å². The average Bonchev–Trinajstić information content (AvgIpc) is 3.76. The molecule has 0 saturated heterocycles. The summed E-state index contributed by atoms with van der Waals surface area (Å²) in [5.41, 5.74) is 7.95. The van der Waals surface area contributed by atoms with Gasteiger partial charge in [-0.1, -0.05) is 84.9 Å². The number of aromatic nitrogens is 5. The Labute approximate surface area is 261 Å². The molecule has 0 unspecified atom stereocenters. The van der Waals surface area contributed by atoms with E-state index in [4.69, 9.17) is 0 Å². The van der Waals surface area contributed by atoms with Gasteiger partial charge in [-0.2, -0.15) is 0 Å². The molecule has 4 aromatic heterocycles. The number of hydrogen-bond acceptors (Lipinski definition) is 4. The molecule has 0 atom stereocenters. The standard InChI is InChI=1S/C39H23N5S/c1-4-10-33-27(7-1)30-18-19-31-28-8-2-5-11-34(28)44(39-41-22-40-23-42-39)38(31)37(30)43(33)26-16-13-24(14-17-26)25-15-20-36-32(21-25)29-9-3-6-12-35(29)45-36/h1-23H. The molecule has 0 spiro atoms. The molecule has 0 aliphatic rings. The third kappa shape index (κ3) is 3.51. The second kappa shape index (κ2) is 9.32. The van der Waals surface area contributed by atoms with Crippen molar-refractivity contribution in [2.24, 2.45) is 0 Å².